The van der Waals surface area contributed by atoms with Gasteiger partial charge in [-0.25, -0.2) is 0 Å². The van der Waals surface area contributed by atoms with Gasteiger partial charge in [0.05, 0.1) is 19.3 Å². The van der Waals surface area contributed by atoms with Gasteiger partial charge in [-0.1, -0.05) is 26.0 Å². The molecule has 1 aromatic carbocycles. The molecular weight excluding hydrogens is 284 g/mol. The van der Waals surface area contributed by atoms with Crippen LogP contribution in [-0.2, 0) is 19.1 Å². The van der Waals surface area contributed by atoms with Gasteiger partial charge in [0.2, 0.25) is 0 Å². The Balaban J connectivity index is 2.24. The maximum Gasteiger partial charge on any atom is 0.184 e. The molecule has 1 aliphatic rings. The van der Waals surface area contributed by atoms with Gasteiger partial charge in [-0.15, -0.1) is 0 Å². The first kappa shape index (κ1) is 16.6. The molecule has 1 aromatic rings. The monoisotopic (exact) mass is 306 g/mol. The number of hydrogen-bond donors (Lipinski definition) is 0. The Bertz CT molecular complexity index is 486. The molecule has 0 spiro atoms. The van der Waals surface area contributed by atoms with E-state index in [-0.39, 0.29) is 25.0 Å². The van der Waals surface area contributed by atoms with Crippen molar-refractivity contribution in [2.24, 2.45) is 5.41 Å². The summed E-state index contributed by atoms with van der Waals surface area (Å²) >= 11 is 0. The van der Waals surface area contributed by atoms with Gasteiger partial charge in [-0.2, -0.15) is 0 Å². The van der Waals surface area contributed by atoms with Crippen molar-refractivity contribution in [3.8, 4) is 5.75 Å². The Kier molecular flexibility index (Phi) is 5.32. The predicted molar refractivity (Wildman–Crippen MR) is 80.6 cm³/mol. The highest BCUT2D eigenvalue weighted by atomic mass is 16.7. The number of ether oxygens (including phenoxy) is 3. The second-order valence-corrected chi connectivity index (χ2v) is 5.98. The number of methoxy groups -OCH3 is 1. The van der Waals surface area contributed by atoms with Gasteiger partial charge in [-0.05, 0) is 12.1 Å². The Morgan fingerprint density at radius 3 is 1.95 bits per heavy atom. The molecule has 1 aliphatic heterocycles. The number of carbonyl (C=O) groups is 2. The average molecular weight is 306 g/mol. The molecule has 0 aliphatic carbocycles. The lowest BCUT2D eigenvalue weighted by atomic mass is 9.77. The van der Waals surface area contributed by atoms with Gasteiger partial charge in [0.25, 0.3) is 0 Å². The average Bonchev–Trinajstić information content (AvgIpc) is 2.52. The van der Waals surface area contributed by atoms with Gasteiger partial charge >= 0.3 is 0 Å². The summed E-state index contributed by atoms with van der Waals surface area (Å²) in [5, 5.41) is 0. The quantitative estimate of drug-likeness (QED) is 0.756. The fraction of sp³-hybridized carbons (Fsp3) is 0.529. The fourth-order valence-electron chi connectivity index (χ4n) is 2.70. The zero-order valence-corrected chi connectivity index (χ0v) is 13.2. The summed E-state index contributed by atoms with van der Waals surface area (Å²) in [5.74, 6) is 0.744. The maximum atomic E-state index is 10.9. The number of benzene rings is 1. The van der Waals surface area contributed by atoms with Gasteiger partial charge in [-0.3, -0.25) is 0 Å². The third-order valence-corrected chi connectivity index (χ3v) is 4.24. The van der Waals surface area contributed by atoms with E-state index in [1.807, 2.05) is 38.1 Å². The highest BCUT2D eigenvalue weighted by molar-refractivity contribution is 5.52. The van der Waals surface area contributed by atoms with Crippen molar-refractivity contribution >= 4 is 12.6 Å². The molecule has 1 heterocycles. The molecule has 5 nitrogen and oxygen atoms in total. The van der Waals surface area contributed by atoms with Crippen LogP contribution in [0, 0.1) is 5.41 Å². The summed E-state index contributed by atoms with van der Waals surface area (Å²) in [6.45, 7) is 3.92. The Hall–Kier alpha value is -1.72. The SMILES string of the molecule is COc1ccc(C2O[C@@H](CC=O)C(C)(C)[C@@H](CC=O)O2)cc1. The number of rotatable bonds is 6. The predicted octanol–water partition coefficient (Wildman–Crippen LogP) is 2.68. The molecule has 1 fully saturated rings. The van der Waals surface area contributed by atoms with E-state index in [0.29, 0.717) is 0 Å². The van der Waals surface area contributed by atoms with E-state index >= 15 is 0 Å². The number of aldehydes is 2. The van der Waals surface area contributed by atoms with Crippen molar-refractivity contribution in [2.75, 3.05) is 7.11 Å². The van der Waals surface area contributed by atoms with Crippen molar-refractivity contribution in [3.05, 3.63) is 29.8 Å². The summed E-state index contributed by atoms with van der Waals surface area (Å²) < 4.78 is 17.1. The lowest BCUT2D eigenvalue weighted by molar-refractivity contribution is -0.296. The molecule has 3 atom stereocenters. The zero-order valence-electron chi connectivity index (χ0n) is 13.2. The summed E-state index contributed by atoms with van der Waals surface area (Å²) in [4.78, 5) is 21.9. The summed E-state index contributed by atoms with van der Waals surface area (Å²) in [6.07, 6.45) is 1.07. The molecule has 0 bridgehead atoms. The molecule has 5 heteroatoms. The highest BCUT2D eigenvalue weighted by Gasteiger charge is 2.45. The topological polar surface area (TPSA) is 61.8 Å². The molecule has 22 heavy (non-hydrogen) atoms. The zero-order chi connectivity index (χ0) is 16.2. The number of carbonyl (C=O) groups excluding carboxylic acids is 2. The van der Waals surface area contributed by atoms with Gasteiger partial charge in [0, 0.05) is 23.8 Å². The van der Waals surface area contributed by atoms with Crippen LogP contribution >= 0.6 is 0 Å². The largest absolute Gasteiger partial charge is 0.497 e. The van der Waals surface area contributed by atoms with Crippen LogP contribution in [-0.4, -0.2) is 31.9 Å². The van der Waals surface area contributed by atoms with Crippen LogP contribution in [0.4, 0.5) is 0 Å². The third kappa shape index (κ3) is 3.36. The molecule has 0 aromatic heterocycles. The third-order valence-electron chi connectivity index (χ3n) is 4.24. The maximum absolute atomic E-state index is 10.9. The van der Waals surface area contributed by atoms with E-state index in [1.165, 1.54) is 0 Å². The number of hydrogen-bond acceptors (Lipinski definition) is 5. The first-order valence-corrected chi connectivity index (χ1v) is 7.35. The van der Waals surface area contributed by atoms with Crippen molar-refractivity contribution in [2.45, 2.75) is 45.2 Å². The van der Waals surface area contributed by atoms with E-state index in [1.54, 1.807) is 7.11 Å². The Morgan fingerprint density at radius 1 is 1.05 bits per heavy atom. The van der Waals surface area contributed by atoms with Crippen LogP contribution in [0.3, 0.4) is 0 Å². The minimum absolute atomic E-state index is 0.276. The van der Waals surface area contributed by atoms with E-state index in [9.17, 15) is 9.59 Å². The first-order valence-electron chi connectivity index (χ1n) is 7.35. The van der Waals surface area contributed by atoms with Gasteiger partial charge in [0.15, 0.2) is 6.29 Å². The molecule has 1 saturated heterocycles. The smallest absolute Gasteiger partial charge is 0.184 e. The first-order chi connectivity index (χ1) is 10.5. The Morgan fingerprint density at radius 2 is 1.55 bits per heavy atom. The van der Waals surface area contributed by atoms with Crippen LogP contribution in [0.2, 0.25) is 0 Å². The molecule has 1 unspecified atom stereocenters. The second-order valence-electron chi connectivity index (χ2n) is 5.98. The summed E-state index contributed by atoms with van der Waals surface area (Å²) in [7, 11) is 1.60. The molecule has 0 saturated carbocycles. The van der Waals surface area contributed by atoms with Crippen LogP contribution in [0.15, 0.2) is 24.3 Å². The van der Waals surface area contributed by atoms with Crippen LogP contribution < -0.4 is 4.74 Å². The van der Waals surface area contributed by atoms with Crippen LogP contribution in [0.5, 0.6) is 5.75 Å². The van der Waals surface area contributed by atoms with E-state index < -0.39 is 11.7 Å². The molecule has 120 valence electrons. The summed E-state index contributed by atoms with van der Waals surface area (Å²) in [5.41, 5.74) is 0.424. The van der Waals surface area contributed by atoms with E-state index in [2.05, 4.69) is 0 Å². The standard InChI is InChI=1S/C17H22O5/c1-17(2)14(8-10-18)21-16(22-15(17)9-11-19)12-4-6-13(20-3)7-5-12/h4-7,10-11,14-16H,8-9H2,1-3H3/t14-,15+,16?. The second kappa shape index (κ2) is 7.03. The van der Waals surface area contributed by atoms with E-state index in [0.717, 1.165) is 23.9 Å². The highest BCUT2D eigenvalue weighted by Crippen LogP contribution is 2.43. The van der Waals surface area contributed by atoms with Crippen molar-refractivity contribution in [1.82, 2.24) is 0 Å². The Labute approximate surface area is 130 Å². The van der Waals surface area contributed by atoms with Crippen molar-refractivity contribution in [3.63, 3.8) is 0 Å². The molecule has 2 rings (SSSR count). The minimum atomic E-state index is -0.589. The van der Waals surface area contributed by atoms with E-state index in [4.69, 9.17) is 14.2 Å². The lowest BCUT2D eigenvalue weighted by Crippen LogP contribution is -2.49. The molecule has 0 N–H and O–H groups in total. The van der Waals surface area contributed by atoms with Gasteiger partial charge < -0.3 is 23.8 Å². The minimum Gasteiger partial charge on any atom is -0.497 e. The molecule has 0 amide bonds. The summed E-state index contributed by atoms with van der Waals surface area (Å²) in [6, 6.07) is 7.37. The lowest BCUT2D eigenvalue weighted by Gasteiger charge is -2.47. The van der Waals surface area contributed by atoms with Crippen LogP contribution in [0.1, 0.15) is 38.5 Å². The van der Waals surface area contributed by atoms with Crippen molar-refractivity contribution in [1.29, 1.82) is 0 Å². The molecule has 0 radical (unpaired) electrons. The fourth-order valence-corrected chi connectivity index (χ4v) is 2.70. The molecular formula is C17H22O5. The van der Waals surface area contributed by atoms with Crippen molar-refractivity contribution < 1.29 is 23.8 Å². The normalized spacial score (nSPS) is 27.1. The van der Waals surface area contributed by atoms with Crippen LogP contribution in [0.25, 0.3) is 0 Å². The van der Waals surface area contributed by atoms with Gasteiger partial charge in [0.1, 0.15) is 18.3 Å².